The number of rotatable bonds is 4. The molecule has 0 saturated heterocycles. The van der Waals surface area contributed by atoms with Gasteiger partial charge in [0.05, 0.1) is 11.4 Å². The number of carboxylic acids is 1. The highest BCUT2D eigenvalue weighted by Crippen LogP contribution is 2.20. The highest BCUT2D eigenvalue weighted by atomic mass is 16.4. The Hall–Kier alpha value is -2.43. The Balaban J connectivity index is 2.24. The summed E-state index contributed by atoms with van der Waals surface area (Å²) in [5.74, 6) is -0.973. The summed E-state index contributed by atoms with van der Waals surface area (Å²) in [5, 5.41) is 12.4. The quantitative estimate of drug-likeness (QED) is 0.894. The van der Waals surface area contributed by atoms with Crippen molar-refractivity contribution in [3.05, 3.63) is 52.6 Å². The number of hydrogen-bond donors (Lipinski definition) is 2. The maximum absolute atomic E-state index is 11.3. The fourth-order valence-corrected chi connectivity index (χ4v) is 2.04. The molecule has 5 heteroatoms. The molecule has 0 saturated carbocycles. The van der Waals surface area contributed by atoms with E-state index in [0.717, 1.165) is 17.0 Å². The molecule has 0 aromatic carbocycles. The van der Waals surface area contributed by atoms with Gasteiger partial charge in [0.2, 0.25) is 0 Å². The highest BCUT2D eigenvalue weighted by molar-refractivity contribution is 5.95. The van der Waals surface area contributed by atoms with Gasteiger partial charge in [-0.3, -0.25) is 9.97 Å². The lowest BCUT2D eigenvalue weighted by Crippen LogP contribution is -2.10. The number of nitrogens with zero attached hydrogens (tertiary/aromatic N) is 2. The molecule has 2 heterocycles. The molecule has 0 unspecified atom stereocenters. The highest BCUT2D eigenvalue weighted by Gasteiger charge is 2.15. The second-order valence-corrected chi connectivity index (χ2v) is 4.74. The van der Waals surface area contributed by atoms with Gasteiger partial charge in [-0.15, -0.1) is 0 Å². The van der Waals surface area contributed by atoms with Gasteiger partial charge in [-0.25, -0.2) is 4.79 Å². The molecule has 0 radical (unpaired) electrons. The largest absolute Gasteiger partial charge is 0.478 e. The zero-order chi connectivity index (χ0) is 14.7. The van der Waals surface area contributed by atoms with Crippen molar-refractivity contribution in [2.75, 3.05) is 5.32 Å². The van der Waals surface area contributed by atoms with Crippen LogP contribution in [0.4, 0.5) is 5.69 Å². The number of anilines is 1. The summed E-state index contributed by atoms with van der Waals surface area (Å²) >= 11 is 0. The number of aromatic nitrogens is 2. The van der Waals surface area contributed by atoms with E-state index in [9.17, 15) is 9.90 Å². The average Bonchev–Trinajstić information content (AvgIpc) is 2.36. The van der Waals surface area contributed by atoms with E-state index in [1.807, 2.05) is 26.0 Å². The SMILES string of the molecule is Cc1ccc(CNc2cc(C)nc(C)c2C(=O)O)cn1. The standard InChI is InChI=1S/C15H17N3O2/c1-9-4-5-12(7-16-9)8-17-13-6-10(2)18-11(3)14(13)15(19)20/h4-7H,8H2,1-3H3,(H,17,18)(H,19,20). The third-order valence-electron chi connectivity index (χ3n) is 3.00. The van der Waals surface area contributed by atoms with E-state index in [1.165, 1.54) is 0 Å². The van der Waals surface area contributed by atoms with Crippen molar-refractivity contribution in [1.29, 1.82) is 0 Å². The van der Waals surface area contributed by atoms with Crippen molar-refractivity contribution in [2.45, 2.75) is 27.3 Å². The van der Waals surface area contributed by atoms with E-state index >= 15 is 0 Å². The van der Waals surface area contributed by atoms with E-state index in [2.05, 4.69) is 15.3 Å². The van der Waals surface area contributed by atoms with Crippen LogP contribution in [0.3, 0.4) is 0 Å². The molecule has 0 bridgehead atoms. The third kappa shape index (κ3) is 3.12. The Kier molecular flexibility index (Phi) is 3.98. The number of carboxylic acid groups (broad SMARTS) is 1. The molecule has 2 N–H and O–H groups in total. The monoisotopic (exact) mass is 271 g/mol. The minimum Gasteiger partial charge on any atom is -0.478 e. The van der Waals surface area contributed by atoms with Crippen LogP contribution in [0.15, 0.2) is 24.4 Å². The minimum atomic E-state index is -0.973. The maximum atomic E-state index is 11.3. The summed E-state index contributed by atoms with van der Waals surface area (Å²) in [5.41, 5.74) is 4.06. The number of nitrogens with one attached hydrogen (secondary N) is 1. The first-order valence-electron chi connectivity index (χ1n) is 6.34. The molecule has 0 aliphatic rings. The van der Waals surface area contributed by atoms with Crippen molar-refractivity contribution in [1.82, 2.24) is 9.97 Å². The molecular formula is C15H17N3O2. The van der Waals surface area contributed by atoms with Crippen molar-refractivity contribution >= 4 is 11.7 Å². The van der Waals surface area contributed by atoms with Gasteiger partial charge < -0.3 is 10.4 Å². The lowest BCUT2D eigenvalue weighted by atomic mass is 10.1. The molecule has 2 rings (SSSR count). The van der Waals surface area contributed by atoms with Crippen LogP contribution < -0.4 is 5.32 Å². The fraction of sp³-hybridized carbons (Fsp3) is 0.267. The molecule has 20 heavy (non-hydrogen) atoms. The van der Waals surface area contributed by atoms with Crippen LogP contribution in [-0.4, -0.2) is 21.0 Å². The lowest BCUT2D eigenvalue weighted by Gasteiger charge is -2.12. The second-order valence-electron chi connectivity index (χ2n) is 4.74. The summed E-state index contributed by atoms with van der Waals surface area (Å²) < 4.78 is 0. The van der Waals surface area contributed by atoms with Gasteiger partial charge in [-0.1, -0.05) is 6.07 Å². The van der Waals surface area contributed by atoms with Gasteiger partial charge in [-0.05, 0) is 38.5 Å². The normalized spacial score (nSPS) is 10.3. The van der Waals surface area contributed by atoms with Crippen LogP contribution in [0.25, 0.3) is 0 Å². The van der Waals surface area contributed by atoms with Gasteiger partial charge in [0.25, 0.3) is 0 Å². The van der Waals surface area contributed by atoms with Gasteiger partial charge in [0.15, 0.2) is 0 Å². The maximum Gasteiger partial charge on any atom is 0.339 e. The molecule has 2 aromatic heterocycles. The predicted octanol–water partition coefficient (Wildman–Crippen LogP) is 2.71. The first kappa shape index (κ1) is 14.0. The van der Waals surface area contributed by atoms with Crippen LogP contribution in [-0.2, 0) is 6.54 Å². The molecule has 2 aromatic rings. The number of hydrogen-bond acceptors (Lipinski definition) is 4. The summed E-state index contributed by atoms with van der Waals surface area (Å²) in [6.45, 7) is 6.00. The van der Waals surface area contributed by atoms with Gasteiger partial charge in [-0.2, -0.15) is 0 Å². The number of aromatic carboxylic acids is 1. The predicted molar refractivity (Wildman–Crippen MR) is 77.0 cm³/mol. The van der Waals surface area contributed by atoms with E-state index in [-0.39, 0.29) is 5.56 Å². The average molecular weight is 271 g/mol. The number of pyridine rings is 2. The van der Waals surface area contributed by atoms with Crippen LogP contribution in [0.5, 0.6) is 0 Å². The zero-order valence-corrected chi connectivity index (χ0v) is 11.8. The number of carbonyl (C=O) groups is 1. The van der Waals surface area contributed by atoms with Gasteiger partial charge in [0.1, 0.15) is 5.56 Å². The Morgan fingerprint density at radius 1 is 1.25 bits per heavy atom. The van der Waals surface area contributed by atoms with Crippen LogP contribution >= 0.6 is 0 Å². The molecule has 0 aliphatic heterocycles. The molecule has 0 aliphatic carbocycles. The van der Waals surface area contributed by atoms with Crippen molar-refractivity contribution in [3.8, 4) is 0 Å². The lowest BCUT2D eigenvalue weighted by molar-refractivity contribution is 0.0696. The van der Waals surface area contributed by atoms with Crippen LogP contribution in [0.1, 0.15) is 33.0 Å². The zero-order valence-electron chi connectivity index (χ0n) is 11.8. The van der Waals surface area contributed by atoms with Gasteiger partial charge in [0, 0.05) is 24.1 Å². The summed E-state index contributed by atoms with van der Waals surface area (Å²) in [6.07, 6.45) is 1.78. The van der Waals surface area contributed by atoms with E-state index in [1.54, 1.807) is 19.2 Å². The van der Waals surface area contributed by atoms with E-state index < -0.39 is 5.97 Å². The third-order valence-corrected chi connectivity index (χ3v) is 3.00. The number of aryl methyl sites for hydroxylation is 3. The van der Waals surface area contributed by atoms with Crippen LogP contribution in [0, 0.1) is 20.8 Å². The Bertz CT molecular complexity index is 636. The first-order chi connectivity index (χ1) is 9.47. The molecule has 0 fully saturated rings. The van der Waals surface area contributed by atoms with E-state index in [4.69, 9.17) is 0 Å². The van der Waals surface area contributed by atoms with Crippen molar-refractivity contribution < 1.29 is 9.90 Å². The van der Waals surface area contributed by atoms with E-state index in [0.29, 0.717) is 17.9 Å². The smallest absolute Gasteiger partial charge is 0.339 e. The molecular weight excluding hydrogens is 254 g/mol. The summed E-state index contributed by atoms with van der Waals surface area (Å²) in [7, 11) is 0. The fourth-order valence-electron chi connectivity index (χ4n) is 2.04. The molecule has 5 nitrogen and oxygen atoms in total. The van der Waals surface area contributed by atoms with Crippen molar-refractivity contribution in [2.24, 2.45) is 0 Å². The minimum absolute atomic E-state index is 0.218. The second kappa shape index (κ2) is 5.69. The Morgan fingerprint density at radius 2 is 2.00 bits per heavy atom. The van der Waals surface area contributed by atoms with Gasteiger partial charge >= 0.3 is 5.97 Å². The topological polar surface area (TPSA) is 75.1 Å². The molecule has 0 amide bonds. The van der Waals surface area contributed by atoms with Crippen molar-refractivity contribution in [3.63, 3.8) is 0 Å². The summed E-state index contributed by atoms with van der Waals surface area (Å²) in [4.78, 5) is 19.7. The molecule has 0 spiro atoms. The Morgan fingerprint density at radius 3 is 2.60 bits per heavy atom. The molecule has 104 valence electrons. The first-order valence-corrected chi connectivity index (χ1v) is 6.34. The molecule has 0 atom stereocenters. The van der Waals surface area contributed by atoms with Crippen LogP contribution in [0.2, 0.25) is 0 Å². The Labute approximate surface area is 117 Å². The summed E-state index contributed by atoms with van der Waals surface area (Å²) in [6, 6.07) is 5.65.